The molecule has 1 aromatic carbocycles. The number of esters is 1. The molecule has 1 saturated carbocycles. The lowest BCUT2D eigenvalue weighted by atomic mass is 9.46. The molecular formula is C26H26F2N4O5S. The highest BCUT2D eigenvalue weighted by Gasteiger charge is 2.73. The third-order valence-electron chi connectivity index (χ3n) is 8.23. The normalized spacial score (nSPS) is 29.9. The van der Waals surface area contributed by atoms with Crippen LogP contribution in [0, 0.1) is 23.0 Å². The number of aliphatic carboxylic acids is 1. The molecule has 12 heteroatoms. The summed E-state index contributed by atoms with van der Waals surface area (Å²) >= 11 is 1.33. The number of aliphatic imine (C=N–C) groups is 1. The fraction of sp³-hybridized carbons (Fsp3) is 0.462. The molecule has 5 atom stereocenters. The van der Waals surface area contributed by atoms with Crippen LogP contribution in [0.3, 0.4) is 0 Å². The minimum absolute atomic E-state index is 0.00474. The number of amidine groups is 1. The molecule has 1 spiro atoms. The van der Waals surface area contributed by atoms with Gasteiger partial charge in [0.25, 0.3) is 0 Å². The minimum Gasteiger partial charge on any atom is -0.481 e. The van der Waals surface area contributed by atoms with Crippen molar-refractivity contribution in [2.45, 2.75) is 37.9 Å². The molecule has 0 radical (unpaired) electrons. The molecule has 2 N–H and O–H groups in total. The van der Waals surface area contributed by atoms with Crippen LogP contribution in [0.2, 0.25) is 0 Å². The number of aromatic nitrogens is 1. The fourth-order valence-corrected chi connectivity index (χ4v) is 7.16. The Bertz CT molecular complexity index is 1350. The zero-order valence-electron chi connectivity index (χ0n) is 20.5. The molecule has 4 aliphatic rings. The van der Waals surface area contributed by atoms with E-state index in [4.69, 9.17) is 9.47 Å². The predicted octanol–water partition coefficient (Wildman–Crippen LogP) is 2.89. The molecule has 200 valence electrons. The molecule has 1 aliphatic carbocycles. The molecular weight excluding hydrogens is 518 g/mol. The number of nitrogens with one attached hydrogen (secondary N) is 1. The highest BCUT2D eigenvalue weighted by molar-refractivity contribution is 7.11. The third kappa shape index (κ3) is 3.76. The number of piperidine rings is 1. The topological polar surface area (TPSA) is 113 Å². The first-order valence-corrected chi connectivity index (χ1v) is 13.4. The quantitative estimate of drug-likeness (QED) is 0.488. The van der Waals surface area contributed by atoms with Crippen molar-refractivity contribution in [2.75, 3.05) is 26.4 Å². The molecule has 0 amide bonds. The second-order valence-electron chi connectivity index (χ2n) is 9.96. The van der Waals surface area contributed by atoms with Gasteiger partial charge >= 0.3 is 11.9 Å². The lowest BCUT2D eigenvalue weighted by Crippen LogP contribution is -2.80. The highest BCUT2D eigenvalue weighted by atomic mass is 32.1. The van der Waals surface area contributed by atoms with Crippen molar-refractivity contribution in [1.82, 2.24) is 15.2 Å². The van der Waals surface area contributed by atoms with Gasteiger partial charge < -0.3 is 19.9 Å². The van der Waals surface area contributed by atoms with E-state index in [0.29, 0.717) is 36.2 Å². The number of ether oxygens (including phenoxy) is 2. The molecule has 3 fully saturated rings. The largest absolute Gasteiger partial charge is 0.481 e. The van der Waals surface area contributed by atoms with Crippen LogP contribution in [0.15, 0.2) is 46.0 Å². The molecule has 38 heavy (non-hydrogen) atoms. The summed E-state index contributed by atoms with van der Waals surface area (Å²) in [6.07, 6.45) is 2.42. The summed E-state index contributed by atoms with van der Waals surface area (Å²) in [5.74, 6) is -3.22. The lowest BCUT2D eigenvalue weighted by Gasteiger charge is -2.71. The molecule has 2 aromatic rings. The first kappa shape index (κ1) is 25.1. The monoisotopic (exact) mass is 544 g/mol. The van der Waals surface area contributed by atoms with Crippen molar-refractivity contribution in [3.63, 3.8) is 0 Å². The molecule has 1 aromatic heterocycles. The molecule has 6 rings (SSSR count). The SMILES string of the molecule is CCOC(=O)C1=C(CN2C3COCC34C(CC(=O)O)CC24)NC(c2nccs2)=N[C@H]1c1cccc(F)c1F. The van der Waals surface area contributed by atoms with Crippen LogP contribution in [-0.4, -0.2) is 71.2 Å². The summed E-state index contributed by atoms with van der Waals surface area (Å²) in [5.41, 5.74) is 0.292. The van der Waals surface area contributed by atoms with E-state index in [-0.39, 0.29) is 54.1 Å². The Labute approximate surface area is 221 Å². The summed E-state index contributed by atoms with van der Waals surface area (Å²) in [7, 11) is 0. The average Bonchev–Trinajstić information content (AvgIpc) is 3.57. The van der Waals surface area contributed by atoms with Crippen LogP contribution in [0.5, 0.6) is 0 Å². The Morgan fingerprint density at radius 2 is 2.18 bits per heavy atom. The van der Waals surface area contributed by atoms with Gasteiger partial charge in [-0.15, -0.1) is 11.3 Å². The van der Waals surface area contributed by atoms with E-state index < -0.39 is 29.6 Å². The zero-order valence-corrected chi connectivity index (χ0v) is 21.3. The Hall–Kier alpha value is -3.22. The van der Waals surface area contributed by atoms with E-state index in [1.54, 1.807) is 18.5 Å². The number of benzene rings is 1. The zero-order chi connectivity index (χ0) is 26.6. The summed E-state index contributed by atoms with van der Waals surface area (Å²) in [5, 5.41) is 14.9. The van der Waals surface area contributed by atoms with Gasteiger partial charge in [0, 0.05) is 53.3 Å². The molecule has 0 bridgehead atoms. The van der Waals surface area contributed by atoms with Crippen LogP contribution in [-0.2, 0) is 19.1 Å². The lowest BCUT2D eigenvalue weighted by molar-refractivity contribution is -0.222. The summed E-state index contributed by atoms with van der Waals surface area (Å²) < 4.78 is 40.5. The van der Waals surface area contributed by atoms with E-state index in [0.717, 1.165) is 6.07 Å². The maximum absolute atomic E-state index is 15.1. The molecule has 9 nitrogen and oxygen atoms in total. The number of carboxylic acid groups (broad SMARTS) is 1. The number of hydrogen-bond donors (Lipinski definition) is 2. The molecule has 2 saturated heterocycles. The van der Waals surface area contributed by atoms with Gasteiger partial charge in [0.05, 0.1) is 25.4 Å². The van der Waals surface area contributed by atoms with Crippen molar-refractivity contribution < 1.29 is 33.0 Å². The van der Waals surface area contributed by atoms with Gasteiger partial charge in [-0.3, -0.25) is 14.7 Å². The molecule has 4 unspecified atom stereocenters. The summed E-state index contributed by atoms with van der Waals surface area (Å²) in [6, 6.07) is 2.76. The Morgan fingerprint density at radius 3 is 2.92 bits per heavy atom. The standard InChI is InChI=1S/C26H26F2N4O5S/c1-2-37-25(35)20-16(10-32-17-8-13(9-19(33)34)26(17)12-36-11-18(26)32)30-23(24-29-6-7-38-24)31-22(20)14-4-3-5-15(27)21(14)28/h3-7,13,17-18,22H,2,8-12H2,1H3,(H,30,31)(H,33,34)/t13?,17?,18?,22-,26?/m0/s1. The van der Waals surface area contributed by atoms with Gasteiger partial charge in [-0.05, 0) is 25.3 Å². The smallest absolute Gasteiger partial charge is 0.338 e. The van der Waals surface area contributed by atoms with Crippen LogP contribution < -0.4 is 5.32 Å². The number of carbonyl (C=O) groups excluding carboxylic acids is 1. The number of carbonyl (C=O) groups is 2. The third-order valence-corrected chi connectivity index (χ3v) is 9.01. The number of carboxylic acids is 1. The predicted molar refractivity (Wildman–Crippen MR) is 132 cm³/mol. The van der Waals surface area contributed by atoms with Gasteiger partial charge in [0.1, 0.15) is 6.04 Å². The van der Waals surface area contributed by atoms with Crippen LogP contribution >= 0.6 is 11.3 Å². The maximum Gasteiger partial charge on any atom is 0.338 e. The van der Waals surface area contributed by atoms with Crippen LogP contribution in [0.25, 0.3) is 0 Å². The first-order chi connectivity index (χ1) is 18.3. The van der Waals surface area contributed by atoms with Gasteiger partial charge in [0.2, 0.25) is 0 Å². The van der Waals surface area contributed by atoms with E-state index >= 15 is 4.39 Å². The Morgan fingerprint density at radius 1 is 1.34 bits per heavy atom. The fourth-order valence-electron chi connectivity index (χ4n) is 6.57. The van der Waals surface area contributed by atoms with E-state index in [9.17, 15) is 19.1 Å². The highest BCUT2D eigenvalue weighted by Crippen LogP contribution is 2.65. The Balaban J connectivity index is 1.40. The Kier molecular flexibility index (Phi) is 6.28. The van der Waals surface area contributed by atoms with Crippen molar-refractivity contribution >= 4 is 29.1 Å². The number of thiazole rings is 1. The van der Waals surface area contributed by atoms with Crippen molar-refractivity contribution in [3.05, 3.63) is 63.3 Å². The summed E-state index contributed by atoms with van der Waals surface area (Å²) in [6.45, 7) is 3.03. The number of rotatable bonds is 8. The van der Waals surface area contributed by atoms with Crippen LogP contribution in [0.1, 0.15) is 36.4 Å². The van der Waals surface area contributed by atoms with Gasteiger partial charge in [-0.1, -0.05) is 12.1 Å². The second-order valence-corrected chi connectivity index (χ2v) is 10.9. The van der Waals surface area contributed by atoms with E-state index in [1.165, 1.54) is 23.5 Å². The van der Waals surface area contributed by atoms with Gasteiger partial charge in [0.15, 0.2) is 22.5 Å². The van der Waals surface area contributed by atoms with Crippen molar-refractivity contribution in [1.29, 1.82) is 0 Å². The van der Waals surface area contributed by atoms with Crippen molar-refractivity contribution in [3.8, 4) is 0 Å². The van der Waals surface area contributed by atoms with E-state index in [2.05, 4.69) is 20.2 Å². The van der Waals surface area contributed by atoms with Crippen LogP contribution in [0.4, 0.5) is 8.78 Å². The number of nitrogens with zero attached hydrogens (tertiary/aromatic N) is 3. The molecule has 3 aliphatic heterocycles. The summed E-state index contributed by atoms with van der Waals surface area (Å²) in [4.78, 5) is 35.9. The average molecular weight is 545 g/mol. The number of hydrogen-bond acceptors (Lipinski definition) is 9. The first-order valence-electron chi connectivity index (χ1n) is 12.5. The number of halogens is 2. The second kappa shape index (κ2) is 9.51. The van der Waals surface area contributed by atoms with Gasteiger partial charge in [-0.2, -0.15) is 0 Å². The van der Waals surface area contributed by atoms with E-state index in [1.807, 2.05) is 0 Å². The van der Waals surface area contributed by atoms with Crippen molar-refractivity contribution in [2.24, 2.45) is 16.3 Å². The maximum atomic E-state index is 15.1. The van der Waals surface area contributed by atoms with Gasteiger partial charge in [-0.25, -0.2) is 18.6 Å². The number of likely N-dealkylation sites (tertiary alicyclic amines) is 1. The molecule has 4 heterocycles. The minimum atomic E-state index is -1.15.